The zero-order valence-electron chi connectivity index (χ0n) is 14.3. The number of hydrogen-bond acceptors (Lipinski definition) is 4. The minimum Gasteiger partial charge on any atom is -0.489 e. The summed E-state index contributed by atoms with van der Waals surface area (Å²) in [5.74, 6) is -2.10. The second-order valence-corrected chi connectivity index (χ2v) is 6.49. The van der Waals surface area contributed by atoms with Gasteiger partial charge in [-0.1, -0.05) is 11.6 Å². The van der Waals surface area contributed by atoms with Crippen LogP contribution in [0.3, 0.4) is 0 Å². The number of nitrogens with one attached hydrogen (secondary N) is 1. The molecule has 9 heteroatoms. The molecule has 27 heavy (non-hydrogen) atoms. The average molecular weight is 397 g/mol. The molecule has 3 N–H and O–H groups in total. The second kappa shape index (κ2) is 7.98. The number of carboxylic acids is 2. The number of fused-ring (bicyclic) bond motifs is 3. The van der Waals surface area contributed by atoms with Gasteiger partial charge in [0.2, 0.25) is 0 Å². The van der Waals surface area contributed by atoms with Crippen LogP contribution in [0, 0.1) is 5.82 Å². The summed E-state index contributed by atoms with van der Waals surface area (Å²) in [6, 6.07) is 1.60. The molecule has 0 saturated carbocycles. The Morgan fingerprint density at radius 1 is 1.22 bits per heavy atom. The van der Waals surface area contributed by atoms with Gasteiger partial charge in [-0.05, 0) is 18.5 Å². The monoisotopic (exact) mass is 396 g/mol. The highest BCUT2D eigenvalue weighted by atomic mass is 35.5. The van der Waals surface area contributed by atoms with E-state index in [0.29, 0.717) is 29.9 Å². The van der Waals surface area contributed by atoms with Crippen LogP contribution in [0.4, 0.5) is 4.39 Å². The maximum Gasteiger partial charge on any atom is 0.328 e. The van der Waals surface area contributed by atoms with E-state index in [4.69, 9.17) is 26.6 Å². The molecule has 1 aromatic heterocycles. The van der Waals surface area contributed by atoms with E-state index < -0.39 is 11.9 Å². The number of carbonyl (C=O) groups is 2. The van der Waals surface area contributed by atoms with Crippen LogP contribution in [-0.2, 0) is 29.0 Å². The van der Waals surface area contributed by atoms with Crippen LogP contribution in [0.5, 0.6) is 5.75 Å². The fraction of sp³-hybridized carbons (Fsp3) is 0.333. The predicted molar refractivity (Wildman–Crippen MR) is 97.1 cm³/mol. The lowest BCUT2D eigenvalue weighted by Crippen LogP contribution is -2.19. The molecule has 2 aromatic rings. The topological polar surface area (TPSA) is 101 Å². The van der Waals surface area contributed by atoms with Crippen molar-refractivity contribution in [1.29, 1.82) is 0 Å². The van der Waals surface area contributed by atoms with Crippen LogP contribution in [0.15, 0.2) is 18.2 Å². The minimum atomic E-state index is -1.26. The minimum absolute atomic E-state index is 0.154. The normalized spacial score (nSPS) is 15.5. The molecule has 0 aliphatic carbocycles. The summed E-state index contributed by atoms with van der Waals surface area (Å²) in [5.41, 5.74) is 3.23. The van der Waals surface area contributed by atoms with E-state index in [1.54, 1.807) is 6.07 Å². The van der Waals surface area contributed by atoms with Crippen LogP contribution >= 0.6 is 11.6 Å². The molecule has 4 rings (SSSR count). The molecule has 0 unspecified atom stereocenters. The smallest absolute Gasteiger partial charge is 0.328 e. The van der Waals surface area contributed by atoms with Gasteiger partial charge in [0.1, 0.15) is 12.4 Å². The number of rotatable bonds is 2. The summed E-state index contributed by atoms with van der Waals surface area (Å²) in [5, 5.41) is 19.8. The van der Waals surface area contributed by atoms with Crippen molar-refractivity contribution >= 4 is 34.4 Å². The third-order valence-electron chi connectivity index (χ3n) is 4.43. The maximum atomic E-state index is 14.5. The zero-order valence-corrected chi connectivity index (χ0v) is 15.1. The van der Waals surface area contributed by atoms with Crippen molar-refractivity contribution in [3.05, 3.63) is 40.3 Å². The lowest BCUT2D eigenvalue weighted by atomic mass is 10.1. The highest BCUT2D eigenvalue weighted by Crippen LogP contribution is 2.40. The van der Waals surface area contributed by atoms with E-state index in [1.807, 2.05) is 0 Å². The third-order valence-corrected chi connectivity index (χ3v) is 4.71. The van der Waals surface area contributed by atoms with E-state index in [0.717, 1.165) is 43.6 Å². The standard InChI is InChI=1S/C14H14ClFN2O.C4H4O4/c15-9-7-11-14-12(13(9)16)8-1-3-17-4-2-10(8)18(14)5-6-19-11;5-3(6)1-2-4(7)8/h7,17H,1-6H2;1-2H,(H,5,6)(H,7,8)/b;2-1-. The fourth-order valence-corrected chi connectivity index (χ4v) is 3.62. The van der Waals surface area contributed by atoms with Gasteiger partial charge in [0.05, 0.1) is 17.1 Å². The molecular formula is C18H18ClFN2O5. The molecule has 3 heterocycles. The Morgan fingerprint density at radius 2 is 1.89 bits per heavy atom. The molecule has 7 nitrogen and oxygen atoms in total. The number of ether oxygens (including phenoxy) is 1. The van der Waals surface area contributed by atoms with Crippen molar-refractivity contribution in [2.24, 2.45) is 0 Å². The lowest BCUT2D eigenvalue weighted by Gasteiger charge is -2.19. The predicted octanol–water partition coefficient (Wildman–Crippen LogP) is 2.23. The quantitative estimate of drug-likeness (QED) is 0.673. The molecule has 1 aromatic carbocycles. The zero-order chi connectivity index (χ0) is 19.6. The van der Waals surface area contributed by atoms with Crippen LogP contribution < -0.4 is 10.1 Å². The van der Waals surface area contributed by atoms with E-state index in [-0.39, 0.29) is 10.8 Å². The Hall–Kier alpha value is -2.58. The van der Waals surface area contributed by atoms with Gasteiger partial charge in [0, 0.05) is 42.3 Å². The first-order chi connectivity index (χ1) is 12.9. The third kappa shape index (κ3) is 3.91. The summed E-state index contributed by atoms with van der Waals surface area (Å²) in [7, 11) is 0. The average Bonchev–Trinajstić information content (AvgIpc) is 2.78. The summed E-state index contributed by atoms with van der Waals surface area (Å²) in [4.78, 5) is 19.1. The van der Waals surface area contributed by atoms with E-state index in [2.05, 4.69) is 9.88 Å². The number of carboxylic acid groups (broad SMARTS) is 2. The number of aliphatic carboxylic acids is 2. The Labute approximate surface area is 159 Å². The number of hydrogen-bond donors (Lipinski definition) is 3. The van der Waals surface area contributed by atoms with Crippen molar-refractivity contribution in [1.82, 2.24) is 9.88 Å². The maximum absolute atomic E-state index is 14.5. The SMILES string of the molecule is Fc1c(Cl)cc2c3c1c1c(n3CCO2)CCNCC1.O=C(O)/C=C\C(=O)O. The molecule has 2 aliphatic heterocycles. The summed E-state index contributed by atoms with van der Waals surface area (Å²) < 4.78 is 22.3. The molecule has 0 spiro atoms. The highest BCUT2D eigenvalue weighted by Gasteiger charge is 2.27. The highest BCUT2D eigenvalue weighted by molar-refractivity contribution is 6.32. The molecule has 0 amide bonds. The van der Waals surface area contributed by atoms with Gasteiger partial charge in [-0.2, -0.15) is 0 Å². The van der Waals surface area contributed by atoms with Crippen LogP contribution in [-0.4, -0.2) is 46.4 Å². The summed E-state index contributed by atoms with van der Waals surface area (Å²) in [6.07, 6.45) is 2.89. The summed E-state index contributed by atoms with van der Waals surface area (Å²) in [6.45, 7) is 3.24. The number of benzene rings is 1. The molecule has 2 aliphatic rings. The van der Waals surface area contributed by atoms with E-state index >= 15 is 0 Å². The molecule has 144 valence electrons. The Bertz CT molecular complexity index is 922. The largest absolute Gasteiger partial charge is 0.489 e. The first-order valence-electron chi connectivity index (χ1n) is 8.39. The molecule has 0 radical (unpaired) electrons. The van der Waals surface area contributed by atoms with Gasteiger partial charge >= 0.3 is 11.9 Å². The van der Waals surface area contributed by atoms with E-state index in [9.17, 15) is 14.0 Å². The van der Waals surface area contributed by atoms with Gasteiger partial charge in [-0.25, -0.2) is 14.0 Å². The number of aromatic nitrogens is 1. The van der Waals surface area contributed by atoms with Crippen LogP contribution in [0.2, 0.25) is 5.02 Å². The van der Waals surface area contributed by atoms with Crippen LogP contribution in [0.25, 0.3) is 10.9 Å². The lowest BCUT2D eigenvalue weighted by molar-refractivity contribution is -0.134. The van der Waals surface area contributed by atoms with Crippen molar-refractivity contribution in [3.63, 3.8) is 0 Å². The molecule has 0 bridgehead atoms. The molecule has 0 saturated heterocycles. The van der Waals surface area contributed by atoms with Gasteiger partial charge in [-0.15, -0.1) is 0 Å². The van der Waals surface area contributed by atoms with Gasteiger partial charge < -0.3 is 24.8 Å². The van der Waals surface area contributed by atoms with Crippen molar-refractivity contribution < 1.29 is 28.9 Å². The molecular weight excluding hydrogens is 379 g/mol. The van der Waals surface area contributed by atoms with Gasteiger partial charge in [0.25, 0.3) is 0 Å². The Morgan fingerprint density at radius 3 is 2.56 bits per heavy atom. The molecule has 0 atom stereocenters. The summed E-state index contributed by atoms with van der Waals surface area (Å²) >= 11 is 6.01. The Balaban J connectivity index is 0.000000226. The van der Waals surface area contributed by atoms with Gasteiger partial charge in [0.15, 0.2) is 5.82 Å². The van der Waals surface area contributed by atoms with E-state index in [1.165, 1.54) is 5.69 Å². The second-order valence-electron chi connectivity index (χ2n) is 6.08. The Kier molecular flexibility index (Phi) is 5.67. The fourth-order valence-electron chi connectivity index (χ4n) is 3.43. The van der Waals surface area contributed by atoms with Crippen molar-refractivity contribution in [3.8, 4) is 5.75 Å². The first-order valence-corrected chi connectivity index (χ1v) is 8.77. The number of nitrogens with zero attached hydrogens (tertiary/aromatic N) is 1. The van der Waals surface area contributed by atoms with Crippen molar-refractivity contribution in [2.45, 2.75) is 19.4 Å². The first kappa shape index (κ1) is 19.2. The molecule has 0 fully saturated rings. The van der Waals surface area contributed by atoms with Crippen molar-refractivity contribution in [2.75, 3.05) is 19.7 Å². The van der Waals surface area contributed by atoms with Crippen LogP contribution in [0.1, 0.15) is 11.3 Å². The number of halogens is 2. The van der Waals surface area contributed by atoms with Gasteiger partial charge in [-0.3, -0.25) is 0 Å².